The summed E-state index contributed by atoms with van der Waals surface area (Å²) in [4.78, 5) is 11.9. The van der Waals surface area contributed by atoms with Gasteiger partial charge in [-0.05, 0) is 43.6 Å². The van der Waals surface area contributed by atoms with Crippen molar-refractivity contribution in [1.29, 1.82) is 0 Å². The molecule has 8 heteroatoms. The molecule has 1 amide bonds. The molecule has 21 heavy (non-hydrogen) atoms. The zero-order valence-electron chi connectivity index (χ0n) is 11.0. The minimum absolute atomic E-state index is 0. The van der Waals surface area contributed by atoms with Crippen LogP contribution in [0.4, 0.5) is 13.2 Å². The van der Waals surface area contributed by atoms with Gasteiger partial charge in [-0.3, -0.25) is 4.79 Å². The van der Waals surface area contributed by atoms with Gasteiger partial charge >= 0.3 is 6.18 Å². The van der Waals surface area contributed by atoms with Crippen LogP contribution in [0.1, 0.15) is 22.3 Å². The third-order valence-corrected chi connectivity index (χ3v) is 3.74. The maximum Gasteiger partial charge on any atom is 0.417 e. The molecule has 1 aromatic rings. The molecular weight excluding hydrogens is 373 g/mol. The van der Waals surface area contributed by atoms with Crippen LogP contribution in [0.2, 0.25) is 0 Å². The number of benzene rings is 1. The Bertz CT molecular complexity index is 505. The van der Waals surface area contributed by atoms with E-state index >= 15 is 0 Å². The summed E-state index contributed by atoms with van der Waals surface area (Å²) < 4.78 is 39.1. The molecule has 0 saturated carbocycles. The third-order valence-electron chi connectivity index (χ3n) is 3.25. The highest BCUT2D eigenvalue weighted by Crippen LogP contribution is 2.33. The number of hydrogen-bond donors (Lipinski definition) is 2. The van der Waals surface area contributed by atoms with Crippen molar-refractivity contribution in [1.82, 2.24) is 10.6 Å². The first kappa shape index (κ1) is 18.3. The molecular formula is C13H15BrClF3N2O. The first-order valence-electron chi connectivity index (χ1n) is 6.23. The average molecular weight is 388 g/mol. The van der Waals surface area contributed by atoms with Crippen LogP contribution in [0.5, 0.6) is 0 Å². The molecule has 2 N–H and O–H groups in total. The number of alkyl halides is 3. The molecule has 1 unspecified atom stereocenters. The van der Waals surface area contributed by atoms with Crippen molar-refractivity contribution in [2.24, 2.45) is 5.92 Å². The van der Waals surface area contributed by atoms with E-state index in [1.807, 2.05) is 0 Å². The quantitative estimate of drug-likeness (QED) is 0.836. The minimum atomic E-state index is -4.55. The predicted octanol–water partition coefficient (Wildman–Crippen LogP) is 3.23. The van der Waals surface area contributed by atoms with Crippen molar-refractivity contribution in [3.8, 4) is 0 Å². The van der Waals surface area contributed by atoms with Gasteiger partial charge in [0.2, 0.25) is 0 Å². The number of carbonyl (C=O) groups excluding carboxylic acids is 1. The largest absolute Gasteiger partial charge is 0.417 e. The average Bonchev–Trinajstić information content (AvgIpc) is 2.88. The molecule has 0 aromatic heterocycles. The van der Waals surface area contributed by atoms with Crippen molar-refractivity contribution in [2.75, 3.05) is 19.6 Å². The van der Waals surface area contributed by atoms with E-state index < -0.39 is 17.6 Å². The smallest absolute Gasteiger partial charge is 0.352 e. The molecule has 1 saturated heterocycles. The summed E-state index contributed by atoms with van der Waals surface area (Å²) in [6.07, 6.45) is -3.63. The summed E-state index contributed by atoms with van der Waals surface area (Å²) in [5.41, 5.74) is -1.26. The number of hydrogen-bond acceptors (Lipinski definition) is 2. The Labute approximate surface area is 135 Å². The third kappa shape index (κ3) is 4.86. The van der Waals surface area contributed by atoms with Gasteiger partial charge in [-0.25, -0.2) is 0 Å². The lowest BCUT2D eigenvalue weighted by molar-refractivity contribution is -0.138. The van der Waals surface area contributed by atoms with Gasteiger partial charge in [0.15, 0.2) is 0 Å². The van der Waals surface area contributed by atoms with Gasteiger partial charge in [0.25, 0.3) is 5.91 Å². The Balaban J connectivity index is 0.00000220. The molecule has 1 aromatic carbocycles. The Morgan fingerprint density at radius 3 is 2.71 bits per heavy atom. The van der Waals surface area contributed by atoms with Gasteiger partial charge < -0.3 is 10.6 Å². The molecule has 0 spiro atoms. The normalized spacial score (nSPS) is 18.2. The molecule has 1 aliphatic heterocycles. The summed E-state index contributed by atoms with van der Waals surface area (Å²) in [5.74, 6) is -0.402. The highest BCUT2D eigenvalue weighted by Gasteiger charge is 2.35. The highest BCUT2D eigenvalue weighted by molar-refractivity contribution is 9.10. The van der Waals surface area contributed by atoms with Gasteiger partial charge in [-0.2, -0.15) is 13.2 Å². The van der Waals surface area contributed by atoms with Crippen molar-refractivity contribution in [3.05, 3.63) is 33.8 Å². The minimum Gasteiger partial charge on any atom is -0.352 e. The molecule has 0 radical (unpaired) electrons. The fourth-order valence-electron chi connectivity index (χ4n) is 2.17. The van der Waals surface area contributed by atoms with Crippen LogP contribution in [0.15, 0.2) is 22.7 Å². The van der Waals surface area contributed by atoms with Crippen LogP contribution in [0.3, 0.4) is 0 Å². The lowest BCUT2D eigenvalue weighted by atomic mass is 10.1. The number of halogens is 5. The fourth-order valence-corrected chi connectivity index (χ4v) is 2.53. The van der Waals surface area contributed by atoms with Crippen molar-refractivity contribution < 1.29 is 18.0 Å². The summed E-state index contributed by atoms with van der Waals surface area (Å²) >= 11 is 2.99. The maximum absolute atomic E-state index is 12.9. The number of nitrogens with one attached hydrogen (secondary N) is 2. The van der Waals surface area contributed by atoms with Gasteiger partial charge in [0.1, 0.15) is 0 Å². The van der Waals surface area contributed by atoms with Gasteiger partial charge in [-0.1, -0.05) is 15.9 Å². The SMILES string of the molecule is Cl.O=C(NCC1CCNC1)c1ccc(Br)cc1C(F)(F)F. The Morgan fingerprint density at radius 2 is 2.14 bits per heavy atom. The van der Waals surface area contributed by atoms with Crippen LogP contribution >= 0.6 is 28.3 Å². The van der Waals surface area contributed by atoms with E-state index in [-0.39, 0.29) is 23.9 Å². The number of rotatable bonds is 3. The molecule has 0 bridgehead atoms. The standard InChI is InChI=1S/C13H14BrF3N2O.ClH/c14-9-1-2-10(11(5-9)13(15,16)17)12(20)19-7-8-3-4-18-6-8;/h1-2,5,8,18H,3-4,6-7H2,(H,19,20);1H. The second kappa shape index (κ2) is 7.47. The van der Waals surface area contributed by atoms with E-state index in [1.54, 1.807) is 0 Å². The summed E-state index contributed by atoms with van der Waals surface area (Å²) in [7, 11) is 0. The van der Waals surface area contributed by atoms with Crippen LogP contribution < -0.4 is 10.6 Å². The van der Waals surface area contributed by atoms with E-state index in [4.69, 9.17) is 0 Å². The molecule has 0 aliphatic carbocycles. The molecule has 1 aliphatic rings. The molecule has 1 fully saturated rings. The van der Waals surface area contributed by atoms with Crippen LogP contribution in [-0.4, -0.2) is 25.5 Å². The van der Waals surface area contributed by atoms with E-state index in [1.165, 1.54) is 12.1 Å². The Morgan fingerprint density at radius 1 is 1.43 bits per heavy atom. The van der Waals surface area contributed by atoms with Crippen molar-refractivity contribution in [2.45, 2.75) is 12.6 Å². The molecule has 1 heterocycles. The van der Waals surface area contributed by atoms with E-state index in [2.05, 4.69) is 26.6 Å². The topological polar surface area (TPSA) is 41.1 Å². The molecule has 1 atom stereocenters. The highest BCUT2D eigenvalue weighted by atomic mass is 79.9. The number of amides is 1. The summed E-state index contributed by atoms with van der Waals surface area (Å²) in [5, 5.41) is 5.72. The second-order valence-electron chi connectivity index (χ2n) is 4.76. The van der Waals surface area contributed by atoms with E-state index in [0.717, 1.165) is 25.6 Å². The first-order valence-corrected chi connectivity index (χ1v) is 7.03. The molecule has 118 valence electrons. The lowest BCUT2D eigenvalue weighted by Crippen LogP contribution is -2.31. The monoisotopic (exact) mass is 386 g/mol. The lowest BCUT2D eigenvalue weighted by Gasteiger charge is -2.15. The zero-order chi connectivity index (χ0) is 14.8. The molecule has 3 nitrogen and oxygen atoms in total. The maximum atomic E-state index is 12.9. The van der Waals surface area contributed by atoms with Gasteiger partial charge in [-0.15, -0.1) is 12.4 Å². The summed E-state index contributed by atoms with van der Waals surface area (Å²) in [6.45, 7) is 2.05. The number of carbonyl (C=O) groups is 1. The van der Waals surface area contributed by atoms with Crippen molar-refractivity contribution >= 4 is 34.2 Å². The van der Waals surface area contributed by atoms with Crippen LogP contribution in [0.25, 0.3) is 0 Å². The van der Waals surface area contributed by atoms with Crippen LogP contribution in [-0.2, 0) is 6.18 Å². The van der Waals surface area contributed by atoms with Crippen LogP contribution in [0, 0.1) is 5.92 Å². The Kier molecular flexibility index (Phi) is 6.49. The van der Waals surface area contributed by atoms with Crippen molar-refractivity contribution in [3.63, 3.8) is 0 Å². The second-order valence-corrected chi connectivity index (χ2v) is 5.67. The fraction of sp³-hybridized carbons (Fsp3) is 0.462. The Hall–Kier alpha value is -0.790. The van der Waals surface area contributed by atoms with Gasteiger partial charge in [0.05, 0.1) is 11.1 Å². The molecule has 2 rings (SSSR count). The van der Waals surface area contributed by atoms with E-state index in [0.29, 0.717) is 11.0 Å². The van der Waals surface area contributed by atoms with Gasteiger partial charge in [0, 0.05) is 11.0 Å². The predicted molar refractivity (Wildman–Crippen MR) is 79.7 cm³/mol. The van der Waals surface area contributed by atoms with E-state index in [9.17, 15) is 18.0 Å². The summed E-state index contributed by atoms with van der Waals surface area (Å²) in [6, 6.07) is 3.54. The first-order chi connectivity index (χ1) is 9.38. The zero-order valence-corrected chi connectivity index (χ0v) is 13.4.